The lowest BCUT2D eigenvalue weighted by molar-refractivity contribution is 0.0694. The summed E-state index contributed by atoms with van der Waals surface area (Å²) >= 11 is 0. The van der Waals surface area contributed by atoms with Crippen LogP contribution in [0.15, 0.2) is 11.0 Å². The van der Waals surface area contributed by atoms with E-state index in [0.717, 1.165) is 19.3 Å². The number of carbonyl (C=O) groups is 1. The molecule has 3 aliphatic rings. The molecule has 2 heterocycles. The van der Waals surface area contributed by atoms with Crippen LogP contribution >= 0.6 is 0 Å². The van der Waals surface area contributed by atoms with E-state index < -0.39 is 35.0 Å². The van der Waals surface area contributed by atoms with Gasteiger partial charge in [-0.1, -0.05) is 0 Å². The fourth-order valence-corrected chi connectivity index (χ4v) is 5.42. The number of carboxylic acids is 1. The van der Waals surface area contributed by atoms with E-state index in [1.54, 1.807) is 6.92 Å². The molecule has 1 aliphatic heterocycles. The van der Waals surface area contributed by atoms with Crippen molar-refractivity contribution in [2.24, 2.45) is 5.92 Å². The Balaban J connectivity index is 1.70. The van der Waals surface area contributed by atoms with Gasteiger partial charge >= 0.3 is 5.97 Å². The minimum Gasteiger partial charge on any atom is -0.477 e. The third-order valence-electron chi connectivity index (χ3n) is 7.50. The smallest absolute Gasteiger partial charge is 0.341 e. The summed E-state index contributed by atoms with van der Waals surface area (Å²) in [6.45, 7) is 3.02. The highest BCUT2D eigenvalue weighted by Crippen LogP contribution is 2.48. The van der Waals surface area contributed by atoms with Gasteiger partial charge in [0.05, 0.1) is 28.3 Å². The number of nitrogens with one attached hydrogen (secondary N) is 1. The molecule has 2 aliphatic carbocycles. The number of fused-ring (bicyclic) bond motifs is 1. The number of aromatic nitrogens is 1. The van der Waals surface area contributed by atoms with Crippen molar-refractivity contribution in [3.8, 4) is 0 Å². The normalized spacial score (nSPS) is 26.5. The van der Waals surface area contributed by atoms with Gasteiger partial charge in [0.2, 0.25) is 5.43 Å². The number of hydrogen-bond donors (Lipinski definition) is 3. The van der Waals surface area contributed by atoms with Gasteiger partial charge < -0.3 is 25.6 Å². The number of hydrogen-bond acceptors (Lipinski definition) is 5. The maximum atomic E-state index is 15.6. The zero-order valence-corrected chi connectivity index (χ0v) is 17.5. The second-order valence-electron chi connectivity index (χ2n) is 9.17. The van der Waals surface area contributed by atoms with E-state index in [0.29, 0.717) is 35.8 Å². The van der Waals surface area contributed by atoms with Crippen molar-refractivity contribution in [3.63, 3.8) is 0 Å². The molecule has 9 heteroatoms. The Kier molecular flexibility index (Phi) is 4.35. The van der Waals surface area contributed by atoms with Crippen LogP contribution in [0.25, 0.3) is 10.9 Å². The molecule has 0 spiro atoms. The summed E-state index contributed by atoms with van der Waals surface area (Å²) in [5.74, 6) is -1.77. The van der Waals surface area contributed by atoms with E-state index in [9.17, 15) is 19.1 Å². The summed E-state index contributed by atoms with van der Waals surface area (Å²) in [5, 5.41) is 12.7. The average molecular weight is 432 g/mol. The van der Waals surface area contributed by atoms with Gasteiger partial charge in [-0.2, -0.15) is 0 Å². The van der Waals surface area contributed by atoms with Crippen LogP contribution in [0, 0.1) is 18.7 Å². The Bertz CT molecular complexity index is 1170. The molecule has 1 saturated heterocycles. The molecule has 0 unspecified atom stereocenters. The number of pyridine rings is 1. The van der Waals surface area contributed by atoms with Gasteiger partial charge in [0, 0.05) is 31.2 Å². The van der Waals surface area contributed by atoms with Gasteiger partial charge in [-0.05, 0) is 44.7 Å². The number of alkyl halides is 1. The highest BCUT2D eigenvalue weighted by Gasteiger charge is 2.50. The lowest BCUT2D eigenvalue weighted by atomic mass is 9.96. The van der Waals surface area contributed by atoms with Crippen molar-refractivity contribution in [2.75, 3.05) is 30.8 Å². The first-order valence-corrected chi connectivity index (χ1v) is 10.7. The first kappa shape index (κ1) is 20.2. The lowest BCUT2D eigenvalue weighted by Crippen LogP contribution is -2.38. The first-order chi connectivity index (χ1) is 14.7. The minimum atomic E-state index is -1.44. The fourth-order valence-electron chi connectivity index (χ4n) is 5.42. The van der Waals surface area contributed by atoms with Crippen molar-refractivity contribution in [1.29, 1.82) is 0 Å². The zero-order valence-electron chi connectivity index (χ0n) is 17.5. The SMILES string of the molecule is CNC1([C@@H]2CCN(c3c(F)c(N)c4c(=O)c(C(=O)O)cn([C@@H]5C[C@@H]5F)c4c3C)C2)CC1. The Morgan fingerprint density at radius 3 is 2.61 bits per heavy atom. The number of nitrogens with two attached hydrogens (primary N) is 1. The number of rotatable bonds is 5. The number of aromatic carboxylic acids is 1. The van der Waals surface area contributed by atoms with Crippen molar-refractivity contribution in [2.45, 2.75) is 50.4 Å². The molecule has 3 fully saturated rings. The van der Waals surface area contributed by atoms with E-state index in [-0.39, 0.29) is 23.0 Å². The molecule has 0 amide bonds. The topological polar surface area (TPSA) is 101 Å². The Hall–Kier alpha value is -2.68. The van der Waals surface area contributed by atoms with Crippen molar-refractivity contribution >= 4 is 28.2 Å². The Labute approximate surface area is 177 Å². The van der Waals surface area contributed by atoms with E-state index >= 15 is 4.39 Å². The molecule has 31 heavy (non-hydrogen) atoms. The molecule has 0 radical (unpaired) electrons. The molecule has 166 valence electrons. The van der Waals surface area contributed by atoms with Gasteiger partial charge in [0.15, 0.2) is 5.82 Å². The predicted molar refractivity (Wildman–Crippen MR) is 114 cm³/mol. The zero-order chi connectivity index (χ0) is 22.2. The predicted octanol–water partition coefficient (Wildman–Crippen LogP) is 2.59. The number of carboxylic acid groups (broad SMARTS) is 1. The number of nitrogen functional groups attached to an aromatic ring is 1. The van der Waals surface area contributed by atoms with Crippen LogP contribution in [0.4, 0.5) is 20.2 Å². The van der Waals surface area contributed by atoms with Crippen LogP contribution in [-0.4, -0.2) is 47.5 Å². The van der Waals surface area contributed by atoms with Crippen LogP contribution in [0.3, 0.4) is 0 Å². The summed E-state index contributed by atoms with van der Waals surface area (Å²) in [5.41, 5.74) is 5.60. The second kappa shape index (κ2) is 6.66. The molecule has 2 aromatic rings. The average Bonchev–Trinajstić information content (AvgIpc) is 3.63. The minimum absolute atomic E-state index is 0.107. The molecule has 1 aromatic heterocycles. The van der Waals surface area contributed by atoms with Crippen LogP contribution in [0.1, 0.15) is 47.6 Å². The largest absolute Gasteiger partial charge is 0.477 e. The standard InChI is InChI=1S/C22H26F2N4O3/c1-10-18-15(20(29)12(21(30)31)9-28(18)14-7-13(14)23)17(25)16(24)19(10)27-6-3-11(8-27)22(26-2)4-5-22/h9,11,13-14,26H,3-8,25H2,1-2H3,(H,30,31)/t11-,13+,14-/m1/s1. The number of aryl methyl sites for hydroxylation is 1. The van der Waals surface area contributed by atoms with E-state index in [1.165, 1.54) is 10.8 Å². The summed E-state index contributed by atoms with van der Waals surface area (Å²) in [4.78, 5) is 26.4. The molecular weight excluding hydrogens is 406 g/mol. The summed E-state index contributed by atoms with van der Waals surface area (Å²) < 4.78 is 31.0. The van der Waals surface area contributed by atoms with Gasteiger partial charge in [0.1, 0.15) is 11.7 Å². The highest BCUT2D eigenvalue weighted by molar-refractivity contribution is 6.01. The van der Waals surface area contributed by atoms with Gasteiger partial charge in [0.25, 0.3) is 0 Å². The van der Waals surface area contributed by atoms with E-state index in [2.05, 4.69) is 5.32 Å². The number of anilines is 2. The summed E-state index contributed by atoms with van der Waals surface area (Å²) in [6, 6.07) is -0.581. The number of nitrogens with zero attached hydrogens (tertiary/aromatic N) is 2. The van der Waals surface area contributed by atoms with Crippen LogP contribution in [-0.2, 0) is 0 Å². The monoisotopic (exact) mass is 432 g/mol. The quantitative estimate of drug-likeness (QED) is 0.628. The molecular formula is C22H26F2N4O3. The fraction of sp³-hybridized carbons (Fsp3) is 0.545. The molecule has 7 nitrogen and oxygen atoms in total. The van der Waals surface area contributed by atoms with Crippen molar-refractivity contribution in [3.05, 3.63) is 33.4 Å². The number of halogens is 2. The Morgan fingerprint density at radius 2 is 2.06 bits per heavy atom. The van der Waals surface area contributed by atoms with Crippen LogP contribution in [0.2, 0.25) is 0 Å². The first-order valence-electron chi connectivity index (χ1n) is 10.7. The third-order valence-corrected chi connectivity index (χ3v) is 7.50. The summed E-state index contributed by atoms with van der Waals surface area (Å²) in [6.07, 6.45) is 3.37. The lowest BCUT2D eigenvalue weighted by Gasteiger charge is -2.27. The maximum Gasteiger partial charge on any atom is 0.341 e. The van der Waals surface area contributed by atoms with Gasteiger partial charge in [-0.25, -0.2) is 13.6 Å². The van der Waals surface area contributed by atoms with Crippen LogP contribution in [0.5, 0.6) is 0 Å². The maximum absolute atomic E-state index is 15.6. The highest BCUT2D eigenvalue weighted by atomic mass is 19.1. The summed E-state index contributed by atoms with van der Waals surface area (Å²) in [7, 11) is 1.96. The number of benzene rings is 1. The molecule has 5 rings (SSSR count). The molecule has 3 atom stereocenters. The third kappa shape index (κ3) is 2.86. The van der Waals surface area contributed by atoms with Crippen molar-refractivity contribution in [1.82, 2.24) is 9.88 Å². The molecule has 2 saturated carbocycles. The molecule has 4 N–H and O–H groups in total. The van der Waals surface area contributed by atoms with Gasteiger partial charge in [-0.3, -0.25) is 4.79 Å². The van der Waals surface area contributed by atoms with Crippen molar-refractivity contribution < 1.29 is 18.7 Å². The van der Waals surface area contributed by atoms with E-state index in [4.69, 9.17) is 5.73 Å². The van der Waals surface area contributed by atoms with Gasteiger partial charge in [-0.15, -0.1) is 0 Å². The molecule has 1 aromatic carbocycles. The molecule has 0 bridgehead atoms. The van der Waals surface area contributed by atoms with Crippen LogP contribution < -0.4 is 21.4 Å². The second-order valence-corrected chi connectivity index (χ2v) is 9.17. The Morgan fingerprint density at radius 1 is 1.39 bits per heavy atom. The van der Waals surface area contributed by atoms with E-state index in [1.807, 2.05) is 11.9 Å².